The summed E-state index contributed by atoms with van der Waals surface area (Å²) >= 11 is 0. The maximum absolute atomic E-state index is 12.9. The van der Waals surface area contributed by atoms with Crippen molar-refractivity contribution in [1.29, 1.82) is 0 Å². The van der Waals surface area contributed by atoms with Crippen molar-refractivity contribution in [2.75, 3.05) is 25.7 Å². The Morgan fingerprint density at radius 3 is 2.48 bits per heavy atom. The second kappa shape index (κ2) is 8.99. The molecule has 154 valence electrons. The molecule has 0 bridgehead atoms. The largest absolute Gasteiger partial charge is 0.493 e. The average molecular weight is 396 g/mol. The number of benzene rings is 2. The van der Waals surface area contributed by atoms with E-state index in [-0.39, 0.29) is 23.7 Å². The highest BCUT2D eigenvalue weighted by molar-refractivity contribution is 6.01. The lowest BCUT2D eigenvalue weighted by Crippen LogP contribution is -2.34. The maximum Gasteiger partial charge on any atom is 0.230 e. The topological polar surface area (TPSA) is 67.9 Å². The van der Waals surface area contributed by atoms with Gasteiger partial charge in [0.1, 0.15) is 0 Å². The molecule has 2 amide bonds. The molecular weight excluding hydrogens is 368 g/mol. The number of aryl methyl sites for hydroxylation is 1. The zero-order valence-corrected chi connectivity index (χ0v) is 17.4. The minimum Gasteiger partial charge on any atom is -0.493 e. The molecule has 3 rings (SSSR count). The van der Waals surface area contributed by atoms with Gasteiger partial charge in [-0.25, -0.2) is 0 Å². The molecule has 2 aromatic carbocycles. The molecule has 1 aliphatic rings. The maximum atomic E-state index is 12.9. The van der Waals surface area contributed by atoms with Gasteiger partial charge >= 0.3 is 0 Å². The molecule has 0 aromatic heterocycles. The smallest absolute Gasteiger partial charge is 0.230 e. The fourth-order valence-electron chi connectivity index (χ4n) is 3.53. The van der Waals surface area contributed by atoms with Gasteiger partial charge in [0.2, 0.25) is 11.8 Å². The first kappa shape index (κ1) is 20.7. The van der Waals surface area contributed by atoms with Gasteiger partial charge < -0.3 is 19.7 Å². The van der Waals surface area contributed by atoms with E-state index in [9.17, 15) is 9.59 Å². The van der Waals surface area contributed by atoms with Crippen LogP contribution in [0.3, 0.4) is 0 Å². The Bertz CT molecular complexity index is 896. The number of nitrogens with one attached hydrogen (secondary N) is 1. The van der Waals surface area contributed by atoms with E-state index in [1.54, 1.807) is 19.1 Å². The van der Waals surface area contributed by atoms with Crippen LogP contribution in [0.2, 0.25) is 0 Å². The van der Waals surface area contributed by atoms with Crippen LogP contribution in [-0.4, -0.2) is 32.6 Å². The molecule has 2 atom stereocenters. The summed E-state index contributed by atoms with van der Waals surface area (Å²) in [5.41, 5.74) is 2.90. The van der Waals surface area contributed by atoms with E-state index in [1.165, 1.54) is 0 Å². The van der Waals surface area contributed by atoms with Gasteiger partial charge in [-0.15, -0.1) is 0 Å². The number of nitrogens with zero attached hydrogens (tertiary/aromatic N) is 1. The molecule has 6 nitrogen and oxygen atoms in total. The molecule has 1 saturated carbocycles. The summed E-state index contributed by atoms with van der Waals surface area (Å²) in [5.74, 6) is 0.687. The molecule has 0 radical (unpaired) electrons. The zero-order valence-electron chi connectivity index (χ0n) is 17.4. The summed E-state index contributed by atoms with van der Waals surface area (Å²) in [5, 5.41) is 2.93. The van der Waals surface area contributed by atoms with Crippen molar-refractivity contribution < 1.29 is 19.1 Å². The van der Waals surface area contributed by atoms with E-state index in [2.05, 4.69) is 5.32 Å². The molecule has 0 heterocycles. The van der Waals surface area contributed by atoms with Crippen LogP contribution in [0.4, 0.5) is 5.69 Å². The monoisotopic (exact) mass is 396 g/mol. The summed E-state index contributed by atoms with van der Waals surface area (Å²) < 4.78 is 10.5. The number of anilines is 1. The summed E-state index contributed by atoms with van der Waals surface area (Å²) in [6.07, 6.45) is 0.596. The van der Waals surface area contributed by atoms with Gasteiger partial charge in [-0.1, -0.05) is 18.2 Å². The number of carbonyl (C=O) groups excluding carboxylic acids is 2. The Labute approximate surface area is 171 Å². The first-order chi connectivity index (χ1) is 14.0. The fourth-order valence-corrected chi connectivity index (χ4v) is 3.53. The Hall–Kier alpha value is -3.02. The van der Waals surface area contributed by atoms with E-state index in [1.807, 2.05) is 56.3 Å². The van der Waals surface area contributed by atoms with E-state index in [0.29, 0.717) is 31.0 Å². The highest BCUT2D eigenvalue weighted by Crippen LogP contribution is 2.41. The fraction of sp³-hybridized carbons (Fsp3) is 0.391. The van der Waals surface area contributed by atoms with Gasteiger partial charge in [-0.2, -0.15) is 0 Å². The van der Waals surface area contributed by atoms with Gasteiger partial charge in [0.15, 0.2) is 11.5 Å². The molecule has 0 spiro atoms. The van der Waals surface area contributed by atoms with Crippen molar-refractivity contribution in [3.8, 4) is 11.5 Å². The van der Waals surface area contributed by atoms with Crippen LogP contribution < -0.4 is 19.7 Å². The van der Waals surface area contributed by atoms with Crippen LogP contribution in [0.1, 0.15) is 24.5 Å². The van der Waals surface area contributed by atoms with E-state index in [4.69, 9.17) is 9.47 Å². The van der Waals surface area contributed by atoms with Crippen molar-refractivity contribution in [3.05, 3.63) is 53.6 Å². The van der Waals surface area contributed by atoms with Crippen molar-refractivity contribution in [2.24, 2.45) is 11.8 Å². The van der Waals surface area contributed by atoms with Gasteiger partial charge in [-0.05, 0) is 55.7 Å². The van der Waals surface area contributed by atoms with Gasteiger partial charge in [0.05, 0.1) is 26.1 Å². The number of carbonyl (C=O) groups is 2. The lowest BCUT2D eigenvalue weighted by molar-refractivity contribution is -0.126. The molecule has 2 aromatic rings. The van der Waals surface area contributed by atoms with Crippen molar-refractivity contribution >= 4 is 17.5 Å². The zero-order chi connectivity index (χ0) is 21.0. The normalized spacial score (nSPS) is 17.4. The predicted octanol–water partition coefficient (Wildman–Crippen LogP) is 3.32. The first-order valence-electron chi connectivity index (χ1n) is 9.85. The number of methoxy groups -OCH3 is 2. The van der Waals surface area contributed by atoms with Gasteiger partial charge in [-0.3, -0.25) is 9.59 Å². The quantitative estimate of drug-likeness (QED) is 0.743. The second-order valence-corrected chi connectivity index (χ2v) is 7.28. The number of ether oxygens (including phenoxy) is 2. The molecule has 1 N–H and O–H groups in total. The minimum absolute atomic E-state index is 0.0179. The SMILES string of the molecule is CCN(C(=O)C1CC1C(=O)NCc1ccc(OC)c(OC)c1)c1cccc(C)c1. The van der Waals surface area contributed by atoms with Crippen molar-refractivity contribution in [3.63, 3.8) is 0 Å². The lowest BCUT2D eigenvalue weighted by atomic mass is 10.1. The highest BCUT2D eigenvalue weighted by atomic mass is 16.5. The number of amides is 2. The van der Waals surface area contributed by atoms with E-state index >= 15 is 0 Å². The number of rotatable bonds is 8. The molecule has 0 saturated heterocycles. The Balaban J connectivity index is 1.58. The van der Waals surface area contributed by atoms with Crippen LogP contribution in [0.5, 0.6) is 11.5 Å². The molecule has 1 fully saturated rings. The molecule has 0 aliphatic heterocycles. The number of hydrogen-bond acceptors (Lipinski definition) is 4. The standard InChI is InChI=1S/C23H28N2O4/c1-5-25(17-8-6-7-15(2)11-17)23(27)19-13-18(19)22(26)24-14-16-9-10-20(28-3)21(12-16)29-4/h6-12,18-19H,5,13-14H2,1-4H3,(H,24,26). The summed E-state index contributed by atoms with van der Waals surface area (Å²) in [7, 11) is 3.16. The van der Waals surface area contributed by atoms with Gasteiger partial charge in [0, 0.05) is 18.8 Å². The van der Waals surface area contributed by atoms with Crippen LogP contribution in [0.25, 0.3) is 0 Å². The third kappa shape index (κ3) is 4.70. The molecular formula is C23H28N2O4. The Kier molecular flexibility index (Phi) is 6.42. The van der Waals surface area contributed by atoms with Crippen molar-refractivity contribution in [1.82, 2.24) is 5.32 Å². The molecule has 1 aliphatic carbocycles. The van der Waals surface area contributed by atoms with Crippen LogP contribution in [0, 0.1) is 18.8 Å². The predicted molar refractivity (Wildman–Crippen MR) is 112 cm³/mol. The minimum atomic E-state index is -0.262. The van der Waals surface area contributed by atoms with Crippen LogP contribution >= 0.6 is 0 Å². The molecule has 2 unspecified atom stereocenters. The first-order valence-corrected chi connectivity index (χ1v) is 9.85. The molecule has 6 heteroatoms. The lowest BCUT2D eigenvalue weighted by Gasteiger charge is -2.21. The summed E-state index contributed by atoms with van der Waals surface area (Å²) in [6, 6.07) is 13.4. The Morgan fingerprint density at radius 1 is 1.07 bits per heavy atom. The Morgan fingerprint density at radius 2 is 1.83 bits per heavy atom. The highest BCUT2D eigenvalue weighted by Gasteiger charge is 2.49. The van der Waals surface area contributed by atoms with Crippen LogP contribution in [-0.2, 0) is 16.1 Å². The third-order valence-electron chi connectivity index (χ3n) is 5.25. The summed E-state index contributed by atoms with van der Waals surface area (Å²) in [6.45, 7) is 4.92. The average Bonchev–Trinajstić information content (AvgIpc) is 3.53. The summed E-state index contributed by atoms with van der Waals surface area (Å²) in [4.78, 5) is 27.2. The van der Waals surface area contributed by atoms with E-state index < -0.39 is 0 Å². The second-order valence-electron chi connectivity index (χ2n) is 7.28. The number of hydrogen-bond donors (Lipinski definition) is 1. The van der Waals surface area contributed by atoms with E-state index in [0.717, 1.165) is 16.8 Å². The third-order valence-corrected chi connectivity index (χ3v) is 5.25. The van der Waals surface area contributed by atoms with Crippen LogP contribution in [0.15, 0.2) is 42.5 Å². The van der Waals surface area contributed by atoms with Crippen molar-refractivity contribution in [2.45, 2.75) is 26.8 Å². The van der Waals surface area contributed by atoms with Gasteiger partial charge in [0.25, 0.3) is 0 Å². The molecule has 29 heavy (non-hydrogen) atoms.